The molecular weight excluding hydrogens is 204 g/mol. The fourth-order valence-corrected chi connectivity index (χ4v) is 1.26. The van der Waals surface area contributed by atoms with E-state index in [1.54, 1.807) is 6.07 Å². The molecule has 1 heterocycles. The summed E-state index contributed by atoms with van der Waals surface area (Å²) >= 11 is 0. The zero-order chi connectivity index (χ0) is 10.6. The zero-order valence-electron chi connectivity index (χ0n) is 7.47. The second-order valence-corrected chi connectivity index (χ2v) is 4.25. The quantitative estimate of drug-likeness (QED) is 0.688. The highest BCUT2D eigenvalue weighted by atomic mass is 32.2. The molecule has 14 heavy (non-hydrogen) atoms. The van der Waals surface area contributed by atoms with Crippen molar-refractivity contribution in [1.82, 2.24) is 4.98 Å². The Hall–Kier alpha value is -1.61. The Labute approximate surface area is 82.1 Å². The number of rotatable bonds is 3. The van der Waals surface area contributed by atoms with Crippen LogP contribution in [-0.2, 0) is 10.1 Å². The largest absolute Gasteiger partial charge is 0.379 e. The van der Waals surface area contributed by atoms with Crippen LogP contribution in [0, 0.1) is 11.3 Å². The Morgan fingerprint density at radius 2 is 2.36 bits per heavy atom. The van der Waals surface area contributed by atoms with E-state index in [0.717, 1.165) is 0 Å². The molecule has 0 amide bonds. The Kier molecular flexibility index (Phi) is 3.04. The van der Waals surface area contributed by atoms with E-state index in [-0.39, 0.29) is 17.2 Å². The van der Waals surface area contributed by atoms with Gasteiger partial charge in [-0.05, 0) is 19.1 Å². The fourth-order valence-electron chi connectivity index (χ4n) is 0.737. The third kappa shape index (κ3) is 2.44. The molecule has 0 aliphatic rings. The average Bonchev–Trinajstić information content (AvgIpc) is 2.18. The van der Waals surface area contributed by atoms with E-state index in [1.165, 1.54) is 25.3 Å². The first-order chi connectivity index (χ1) is 6.59. The van der Waals surface area contributed by atoms with Crippen LogP contribution in [0.15, 0.2) is 18.3 Å². The Bertz CT molecular complexity index is 462. The highest BCUT2D eigenvalue weighted by Crippen LogP contribution is 2.16. The molecule has 0 bridgehead atoms. The van der Waals surface area contributed by atoms with Gasteiger partial charge in [0, 0.05) is 6.20 Å². The molecule has 0 radical (unpaired) electrons. The van der Waals surface area contributed by atoms with Gasteiger partial charge in [-0.25, -0.2) is 4.98 Å². The highest BCUT2D eigenvalue weighted by Gasteiger charge is 2.12. The van der Waals surface area contributed by atoms with Gasteiger partial charge in [-0.15, -0.1) is 0 Å². The number of nitrogens with zero attached hydrogens (tertiary/aromatic N) is 2. The maximum Gasteiger partial charge on any atom is 0.308 e. The van der Waals surface area contributed by atoms with Gasteiger partial charge in [0.15, 0.2) is 11.4 Å². The molecule has 5 nitrogen and oxygen atoms in total. The SMILES string of the molecule is CCS(=O)(=O)Oc1cccnc1C#N. The van der Waals surface area contributed by atoms with Crippen molar-refractivity contribution in [1.29, 1.82) is 5.26 Å². The average molecular weight is 212 g/mol. The predicted molar refractivity (Wildman–Crippen MR) is 49.0 cm³/mol. The van der Waals surface area contributed by atoms with E-state index in [4.69, 9.17) is 5.26 Å². The van der Waals surface area contributed by atoms with Crippen LogP contribution < -0.4 is 4.18 Å². The molecule has 0 saturated carbocycles. The molecule has 0 fully saturated rings. The van der Waals surface area contributed by atoms with E-state index in [9.17, 15) is 8.42 Å². The van der Waals surface area contributed by atoms with Gasteiger partial charge in [-0.1, -0.05) is 0 Å². The van der Waals surface area contributed by atoms with Crippen molar-refractivity contribution in [2.24, 2.45) is 0 Å². The molecule has 0 saturated heterocycles. The summed E-state index contributed by atoms with van der Waals surface area (Å²) in [6.45, 7) is 1.46. The molecule has 0 aliphatic carbocycles. The number of pyridine rings is 1. The summed E-state index contributed by atoms with van der Waals surface area (Å²) in [6, 6.07) is 4.63. The topological polar surface area (TPSA) is 80.1 Å². The molecule has 1 rings (SSSR count). The molecule has 0 aromatic carbocycles. The molecule has 0 unspecified atom stereocenters. The molecule has 0 N–H and O–H groups in total. The summed E-state index contributed by atoms with van der Waals surface area (Å²) in [5.74, 6) is -0.177. The van der Waals surface area contributed by atoms with E-state index in [0.29, 0.717) is 0 Å². The number of hydrogen-bond acceptors (Lipinski definition) is 5. The predicted octanol–water partition coefficient (Wildman–Crippen LogP) is 0.682. The first kappa shape index (κ1) is 10.5. The van der Waals surface area contributed by atoms with E-state index < -0.39 is 10.1 Å². The molecule has 0 spiro atoms. The van der Waals surface area contributed by atoms with Crippen molar-refractivity contribution >= 4 is 10.1 Å². The summed E-state index contributed by atoms with van der Waals surface area (Å²) in [6.07, 6.45) is 1.39. The lowest BCUT2D eigenvalue weighted by atomic mass is 10.3. The Morgan fingerprint density at radius 3 is 2.93 bits per heavy atom. The monoisotopic (exact) mass is 212 g/mol. The van der Waals surface area contributed by atoms with Crippen LogP contribution in [0.3, 0.4) is 0 Å². The first-order valence-electron chi connectivity index (χ1n) is 3.86. The highest BCUT2D eigenvalue weighted by molar-refractivity contribution is 7.87. The zero-order valence-corrected chi connectivity index (χ0v) is 8.28. The van der Waals surface area contributed by atoms with Crippen molar-refractivity contribution in [3.05, 3.63) is 24.0 Å². The van der Waals surface area contributed by atoms with E-state index >= 15 is 0 Å². The van der Waals surface area contributed by atoms with Crippen molar-refractivity contribution in [3.8, 4) is 11.8 Å². The molecule has 6 heteroatoms. The second-order valence-electron chi connectivity index (χ2n) is 2.39. The molecule has 0 aliphatic heterocycles. The number of aromatic nitrogens is 1. The van der Waals surface area contributed by atoms with Gasteiger partial charge in [0.25, 0.3) is 0 Å². The molecule has 1 aromatic heterocycles. The summed E-state index contributed by atoms with van der Waals surface area (Å²) in [5, 5.41) is 8.60. The van der Waals surface area contributed by atoms with Crippen LogP contribution in [-0.4, -0.2) is 19.2 Å². The second kappa shape index (κ2) is 4.07. The lowest BCUT2D eigenvalue weighted by Crippen LogP contribution is -2.12. The van der Waals surface area contributed by atoms with Crippen molar-refractivity contribution in [2.75, 3.05) is 5.75 Å². The smallest absolute Gasteiger partial charge is 0.308 e. The van der Waals surface area contributed by atoms with Crippen molar-refractivity contribution < 1.29 is 12.6 Å². The summed E-state index contributed by atoms with van der Waals surface area (Å²) in [4.78, 5) is 3.67. The van der Waals surface area contributed by atoms with Gasteiger partial charge >= 0.3 is 10.1 Å². The van der Waals surface area contributed by atoms with Crippen molar-refractivity contribution in [3.63, 3.8) is 0 Å². The molecule has 1 aromatic rings. The van der Waals surface area contributed by atoms with Crippen molar-refractivity contribution in [2.45, 2.75) is 6.92 Å². The lowest BCUT2D eigenvalue weighted by Gasteiger charge is -2.04. The summed E-state index contributed by atoms with van der Waals surface area (Å²) in [7, 11) is -3.60. The van der Waals surface area contributed by atoms with Crippen LogP contribution in [0.4, 0.5) is 0 Å². The van der Waals surface area contributed by atoms with Gasteiger partial charge < -0.3 is 4.18 Å². The number of hydrogen-bond donors (Lipinski definition) is 0. The van der Waals surface area contributed by atoms with E-state index in [2.05, 4.69) is 9.17 Å². The van der Waals surface area contributed by atoms with Gasteiger partial charge in [0.1, 0.15) is 6.07 Å². The third-order valence-corrected chi connectivity index (χ3v) is 2.59. The minimum atomic E-state index is -3.60. The molecule has 0 atom stereocenters. The molecule has 74 valence electrons. The Morgan fingerprint density at radius 1 is 1.64 bits per heavy atom. The fraction of sp³-hybridized carbons (Fsp3) is 0.250. The minimum absolute atomic E-state index is 0.0307. The van der Waals surface area contributed by atoms with Crippen LogP contribution in [0.5, 0.6) is 5.75 Å². The Balaban J connectivity index is 3.05. The van der Waals surface area contributed by atoms with Crippen LogP contribution in [0.1, 0.15) is 12.6 Å². The van der Waals surface area contributed by atoms with Gasteiger partial charge in [0.2, 0.25) is 0 Å². The standard InChI is InChI=1S/C8H8N2O3S/c1-2-14(11,12)13-8-4-3-5-10-7(8)6-9/h3-5H,2H2,1H3. The van der Waals surface area contributed by atoms with Gasteiger partial charge in [-0.3, -0.25) is 0 Å². The van der Waals surface area contributed by atoms with Crippen LogP contribution in [0.2, 0.25) is 0 Å². The maximum absolute atomic E-state index is 11.1. The van der Waals surface area contributed by atoms with Gasteiger partial charge in [-0.2, -0.15) is 13.7 Å². The third-order valence-electron chi connectivity index (χ3n) is 1.45. The molecular formula is C8H8N2O3S. The first-order valence-corrected chi connectivity index (χ1v) is 5.44. The van der Waals surface area contributed by atoms with Crippen LogP contribution in [0.25, 0.3) is 0 Å². The summed E-state index contributed by atoms with van der Waals surface area (Å²) < 4.78 is 26.8. The van der Waals surface area contributed by atoms with Gasteiger partial charge in [0.05, 0.1) is 5.75 Å². The van der Waals surface area contributed by atoms with Crippen LogP contribution >= 0.6 is 0 Å². The number of nitriles is 1. The summed E-state index contributed by atoms with van der Waals surface area (Å²) in [5.41, 5.74) is -0.0375. The lowest BCUT2D eigenvalue weighted by molar-refractivity contribution is 0.485. The maximum atomic E-state index is 11.1. The van der Waals surface area contributed by atoms with E-state index in [1.807, 2.05) is 0 Å². The normalized spacial score (nSPS) is 10.6. The minimum Gasteiger partial charge on any atom is -0.379 e.